The van der Waals surface area contributed by atoms with Crippen molar-refractivity contribution in [2.24, 2.45) is 12.1 Å². The summed E-state index contributed by atoms with van der Waals surface area (Å²) in [6.07, 6.45) is 2.97. The number of aromatic nitrogens is 2. The van der Waals surface area contributed by atoms with E-state index in [0.29, 0.717) is 32.9 Å². The molecule has 1 aromatic heterocycles. The largest absolute Gasteiger partial charge is 0.493 e. The van der Waals surface area contributed by atoms with E-state index in [0.717, 1.165) is 4.31 Å². The first-order valence-electron chi connectivity index (χ1n) is 12.9. The second-order valence-corrected chi connectivity index (χ2v) is 11.9. The van der Waals surface area contributed by atoms with Crippen molar-refractivity contribution in [3.63, 3.8) is 0 Å². The predicted octanol–water partition coefficient (Wildman–Crippen LogP) is 4.17. The van der Waals surface area contributed by atoms with E-state index >= 15 is 0 Å². The highest BCUT2D eigenvalue weighted by atomic mass is 79.9. The first kappa shape index (κ1) is 31.3. The molecule has 0 spiro atoms. The monoisotopic (exact) mass is 667 g/mol. The number of hydrazone groups is 1. The summed E-state index contributed by atoms with van der Waals surface area (Å²) in [5, 5.41) is 4.00. The summed E-state index contributed by atoms with van der Waals surface area (Å²) >= 11 is 3.44. The van der Waals surface area contributed by atoms with Crippen LogP contribution in [-0.4, -0.2) is 50.2 Å². The van der Waals surface area contributed by atoms with Gasteiger partial charge < -0.3 is 9.47 Å². The number of benzene rings is 3. The average Bonchev–Trinajstić information content (AvgIpc) is 3.22. The zero-order valence-corrected chi connectivity index (χ0v) is 26.1. The third kappa shape index (κ3) is 6.73. The second-order valence-electron chi connectivity index (χ2n) is 9.16. The van der Waals surface area contributed by atoms with Crippen LogP contribution in [0.2, 0.25) is 0 Å². The van der Waals surface area contributed by atoms with Crippen LogP contribution in [-0.2, 0) is 21.9 Å². The molecule has 224 valence electrons. The molecule has 13 heteroatoms. The normalized spacial score (nSPS) is 11.3. The molecule has 0 unspecified atom stereocenters. The Morgan fingerprint density at radius 2 is 1.77 bits per heavy atom. The number of nitrogens with zero attached hydrogens (tertiary/aromatic N) is 4. The zero-order valence-electron chi connectivity index (χ0n) is 23.7. The van der Waals surface area contributed by atoms with Crippen LogP contribution < -0.4 is 24.8 Å². The smallest absolute Gasteiger partial charge is 0.296 e. The van der Waals surface area contributed by atoms with E-state index in [2.05, 4.69) is 33.0 Å². The fourth-order valence-corrected chi connectivity index (χ4v) is 6.35. The van der Waals surface area contributed by atoms with Gasteiger partial charge in [0.05, 0.1) is 34.1 Å². The van der Waals surface area contributed by atoms with Crippen molar-refractivity contribution in [1.29, 1.82) is 0 Å². The van der Waals surface area contributed by atoms with E-state index in [9.17, 15) is 18.0 Å². The number of methoxy groups -OCH3 is 1. The molecule has 1 heterocycles. The number of nitrogens with one attached hydrogen (secondary N) is 1. The molecule has 43 heavy (non-hydrogen) atoms. The number of anilines is 1. The predicted molar refractivity (Wildman–Crippen MR) is 169 cm³/mol. The van der Waals surface area contributed by atoms with Gasteiger partial charge in [-0.2, -0.15) is 5.10 Å². The van der Waals surface area contributed by atoms with Crippen molar-refractivity contribution in [3.8, 4) is 17.2 Å². The van der Waals surface area contributed by atoms with Gasteiger partial charge >= 0.3 is 0 Å². The molecule has 0 saturated carbocycles. The zero-order chi connectivity index (χ0) is 31.1. The first-order chi connectivity index (χ1) is 20.6. The summed E-state index contributed by atoms with van der Waals surface area (Å²) in [6, 6.07) is 19.8. The molecule has 0 atom stereocenters. The van der Waals surface area contributed by atoms with E-state index in [-0.39, 0.29) is 17.2 Å². The number of halogens is 1. The number of hydrogen-bond donors (Lipinski definition) is 1. The minimum Gasteiger partial charge on any atom is -0.493 e. The van der Waals surface area contributed by atoms with E-state index in [4.69, 9.17) is 9.47 Å². The van der Waals surface area contributed by atoms with E-state index < -0.39 is 28.0 Å². The maximum Gasteiger partial charge on any atom is 0.296 e. The third-order valence-electron chi connectivity index (χ3n) is 6.39. The van der Waals surface area contributed by atoms with Gasteiger partial charge in [-0.3, -0.25) is 14.3 Å². The molecule has 0 bridgehead atoms. The Bertz CT molecular complexity index is 1820. The number of amides is 1. The van der Waals surface area contributed by atoms with Crippen molar-refractivity contribution in [2.75, 3.05) is 24.6 Å². The number of ether oxygens (including phenoxy) is 2. The molecule has 0 aliphatic rings. The van der Waals surface area contributed by atoms with Crippen molar-refractivity contribution in [3.05, 3.63) is 112 Å². The van der Waals surface area contributed by atoms with Crippen molar-refractivity contribution in [1.82, 2.24) is 14.8 Å². The van der Waals surface area contributed by atoms with Crippen LogP contribution in [0.5, 0.6) is 11.5 Å². The molecular formula is C30H30BrN5O6S. The van der Waals surface area contributed by atoms with Crippen LogP contribution >= 0.6 is 15.9 Å². The van der Waals surface area contributed by atoms with E-state index in [1.54, 1.807) is 79.3 Å². The van der Waals surface area contributed by atoms with E-state index in [1.807, 2.05) is 6.07 Å². The number of rotatable bonds is 12. The number of sulfonamides is 1. The first-order valence-corrected chi connectivity index (χ1v) is 15.2. The highest BCUT2D eigenvalue weighted by Gasteiger charge is 2.33. The maximum atomic E-state index is 13.9. The minimum absolute atomic E-state index is 0.0732. The molecule has 0 saturated heterocycles. The highest BCUT2D eigenvalue weighted by molar-refractivity contribution is 9.10. The average molecular weight is 669 g/mol. The summed E-state index contributed by atoms with van der Waals surface area (Å²) in [5.74, 6) is 0.143. The van der Waals surface area contributed by atoms with Crippen LogP contribution in [0.25, 0.3) is 5.69 Å². The topological polar surface area (TPSA) is 124 Å². The van der Waals surface area contributed by atoms with Gasteiger partial charge in [-0.25, -0.2) is 22.8 Å². The molecule has 11 nitrogen and oxygen atoms in total. The Balaban J connectivity index is 1.67. The number of para-hydroxylation sites is 1. The molecular weight excluding hydrogens is 638 g/mol. The summed E-state index contributed by atoms with van der Waals surface area (Å²) in [7, 11) is -1.20. The molecule has 1 amide bonds. The summed E-state index contributed by atoms with van der Waals surface area (Å²) < 4.78 is 43.0. The quantitative estimate of drug-likeness (QED) is 0.137. The standard InChI is InChI=1S/C30H30BrN5O6S/c1-5-16-42-29-25(31)17-22(18-26(29)41-4)19-32-33-27(37)20-35(43(39,40)24-14-10-7-11-15-24)28-21(2)34(3)36(30(28)38)23-12-8-6-9-13-23/h5-15,17-19H,1,16,20H2,2-4H3,(H,33,37)/b32-19-. The highest BCUT2D eigenvalue weighted by Crippen LogP contribution is 2.36. The lowest BCUT2D eigenvalue weighted by Gasteiger charge is -2.22. The van der Waals surface area contributed by atoms with Gasteiger partial charge in [0.15, 0.2) is 11.5 Å². The van der Waals surface area contributed by atoms with Gasteiger partial charge in [-0.15, -0.1) is 0 Å². The van der Waals surface area contributed by atoms with Crippen LogP contribution in [0.3, 0.4) is 0 Å². The number of carbonyl (C=O) groups is 1. The van der Waals surface area contributed by atoms with Gasteiger partial charge in [0.2, 0.25) is 0 Å². The van der Waals surface area contributed by atoms with Gasteiger partial charge in [0, 0.05) is 7.05 Å². The Morgan fingerprint density at radius 1 is 1.12 bits per heavy atom. The van der Waals surface area contributed by atoms with Gasteiger partial charge in [-0.05, 0) is 64.8 Å². The lowest BCUT2D eigenvalue weighted by atomic mass is 10.2. The summed E-state index contributed by atoms with van der Waals surface area (Å²) in [6.45, 7) is 4.82. The van der Waals surface area contributed by atoms with Crippen molar-refractivity contribution >= 4 is 43.8 Å². The molecule has 1 N–H and O–H groups in total. The molecule has 0 radical (unpaired) electrons. The Hall–Kier alpha value is -4.62. The van der Waals surface area contributed by atoms with Crippen molar-refractivity contribution in [2.45, 2.75) is 11.8 Å². The van der Waals surface area contributed by atoms with Gasteiger partial charge in [0.25, 0.3) is 21.5 Å². The van der Waals surface area contributed by atoms with Gasteiger partial charge in [-0.1, -0.05) is 49.1 Å². The van der Waals surface area contributed by atoms with Crippen LogP contribution in [0, 0.1) is 6.92 Å². The SMILES string of the molecule is C=CCOc1c(Br)cc(/C=N\NC(=O)CN(c2c(C)n(C)n(-c3ccccc3)c2=O)S(=O)(=O)c2ccccc2)cc1OC. The van der Waals surface area contributed by atoms with Crippen LogP contribution in [0.4, 0.5) is 5.69 Å². The van der Waals surface area contributed by atoms with Crippen LogP contribution in [0.1, 0.15) is 11.3 Å². The fraction of sp³-hybridized carbons (Fsp3) is 0.167. The lowest BCUT2D eigenvalue weighted by Crippen LogP contribution is -2.42. The maximum absolute atomic E-state index is 13.9. The Labute approximate surface area is 257 Å². The Kier molecular flexibility index (Phi) is 9.88. The number of carbonyl (C=O) groups excluding carboxylic acids is 1. The summed E-state index contributed by atoms with van der Waals surface area (Å²) in [4.78, 5) is 26.8. The molecule has 0 fully saturated rings. The Morgan fingerprint density at radius 3 is 2.40 bits per heavy atom. The third-order valence-corrected chi connectivity index (χ3v) is 8.74. The van der Waals surface area contributed by atoms with Crippen LogP contribution in [0.15, 0.2) is 105 Å². The molecule has 0 aliphatic carbocycles. The number of hydrogen-bond acceptors (Lipinski definition) is 7. The second kappa shape index (κ2) is 13.6. The fourth-order valence-electron chi connectivity index (χ4n) is 4.29. The molecule has 3 aromatic carbocycles. The van der Waals surface area contributed by atoms with Crippen molar-refractivity contribution < 1.29 is 22.7 Å². The molecule has 4 aromatic rings. The lowest BCUT2D eigenvalue weighted by molar-refractivity contribution is -0.119. The minimum atomic E-state index is -4.33. The summed E-state index contributed by atoms with van der Waals surface area (Å²) in [5.41, 5.74) is 3.06. The van der Waals surface area contributed by atoms with Gasteiger partial charge in [0.1, 0.15) is 18.8 Å². The van der Waals surface area contributed by atoms with E-state index in [1.165, 1.54) is 30.1 Å². The molecule has 4 rings (SSSR count). The molecule has 0 aliphatic heterocycles.